The highest BCUT2D eigenvalue weighted by Gasteiger charge is 2.22. The molecule has 0 radical (unpaired) electrons. The van der Waals surface area contributed by atoms with Crippen LogP contribution in [0.1, 0.15) is 18.5 Å². The van der Waals surface area contributed by atoms with Crippen LogP contribution < -0.4 is 5.32 Å². The van der Waals surface area contributed by atoms with Crippen LogP contribution in [0.4, 0.5) is 0 Å². The number of nitrogens with zero attached hydrogens (tertiary/aromatic N) is 2. The van der Waals surface area contributed by atoms with Crippen LogP contribution in [0.15, 0.2) is 12.5 Å². The molecule has 5 heteroatoms. The van der Waals surface area contributed by atoms with Crippen molar-refractivity contribution in [2.24, 2.45) is 0 Å². The Labute approximate surface area is 88.4 Å². The number of aromatic nitrogens is 2. The van der Waals surface area contributed by atoms with Gasteiger partial charge in [-0.25, -0.2) is 4.98 Å². The van der Waals surface area contributed by atoms with Gasteiger partial charge in [0.05, 0.1) is 12.9 Å². The van der Waals surface area contributed by atoms with E-state index in [2.05, 4.69) is 10.3 Å². The predicted molar refractivity (Wildman–Crippen MR) is 54.5 cm³/mol. The highest BCUT2D eigenvalue weighted by Crippen LogP contribution is 2.18. The van der Waals surface area contributed by atoms with Crippen molar-refractivity contribution in [3.05, 3.63) is 18.2 Å². The predicted octanol–water partition coefficient (Wildman–Crippen LogP) is 0.133. The van der Waals surface area contributed by atoms with E-state index < -0.39 is 0 Å². The van der Waals surface area contributed by atoms with E-state index in [-0.39, 0.29) is 12.5 Å². The lowest BCUT2D eigenvalue weighted by Gasteiger charge is -2.27. The Morgan fingerprint density at radius 2 is 2.53 bits per heavy atom. The van der Waals surface area contributed by atoms with E-state index in [0.29, 0.717) is 12.5 Å². The molecule has 0 bridgehead atoms. The number of carbonyl (C=O) groups is 1. The Kier molecular flexibility index (Phi) is 3.01. The second kappa shape index (κ2) is 4.44. The summed E-state index contributed by atoms with van der Waals surface area (Å²) in [4.78, 5) is 15.4. The van der Waals surface area contributed by atoms with Gasteiger partial charge in [0.2, 0.25) is 0 Å². The van der Waals surface area contributed by atoms with E-state index in [1.54, 1.807) is 6.33 Å². The van der Waals surface area contributed by atoms with Gasteiger partial charge in [0, 0.05) is 30.9 Å². The molecule has 1 saturated heterocycles. The molecule has 1 aromatic rings. The Bertz CT molecular complexity index is 344. The van der Waals surface area contributed by atoms with Crippen molar-refractivity contribution in [2.45, 2.75) is 19.4 Å². The fourth-order valence-electron chi connectivity index (χ4n) is 1.65. The summed E-state index contributed by atoms with van der Waals surface area (Å²) in [5, 5.41) is 3.20. The Balaban J connectivity index is 2.01. The largest absolute Gasteiger partial charge is 0.465 e. The lowest BCUT2D eigenvalue weighted by Crippen LogP contribution is -2.41. The van der Waals surface area contributed by atoms with E-state index in [0.717, 1.165) is 18.8 Å². The lowest BCUT2D eigenvalue weighted by atomic mass is 10.00. The summed E-state index contributed by atoms with van der Waals surface area (Å²) in [6.45, 7) is 4.43. The Morgan fingerprint density at radius 1 is 1.73 bits per heavy atom. The van der Waals surface area contributed by atoms with Crippen LogP contribution in [0.5, 0.6) is 0 Å². The van der Waals surface area contributed by atoms with E-state index >= 15 is 0 Å². The van der Waals surface area contributed by atoms with Gasteiger partial charge in [0.1, 0.15) is 6.54 Å². The molecule has 0 amide bonds. The van der Waals surface area contributed by atoms with Gasteiger partial charge in [-0.15, -0.1) is 0 Å². The second-order valence-electron chi connectivity index (χ2n) is 3.61. The van der Waals surface area contributed by atoms with Crippen LogP contribution in [-0.2, 0) is 16.1 Å². The smallest absolute Gasteiger partial charge is 0.325 e. The topological polar surface area (TPSA) is 56.2 Å². The molecule has 0 atom stereocenters. The molecule has 5 nitrogen and oxygen atoms in total. The van der Waals surface area contributed by atoms with Gasteiger partial charge in [-0.05, 0) is 6.92 Å². The van der Waals surface area contributed by atoms with Gasteiger partial charge >= 0.3 is 5.97 Å². The monoisotopic (exact) mass is 209 g/mol. The minimum atomic E-state index is -0.205. The maximum absolute atomic E-state index is 11.3. The first-order valence-corrected chi connectivity index (χ1v) is 5.17. The molecule has 0 unspecified atom stereocenters. The molecule has 2 heterocycles. The number of esters is 1. The summed E-state index contributed by atoms with van der Waals surface area (Å²) in [5.41, 5.74) is 1.11. The molecule has 1 aromatic heterocycles. The zero-order valence-electron chi connectivity index (χ0n) is 8.77. The summed E-state index contributed by atoms with van der Waals surface area (Å²) >= 11 is 0. The number of hydrogen-bond donors (Lipinski definition) is 1. The quantitative estimate of drug-likeness (QED) is 0.716. The molecule has 0 saturated carbocycles. The standard InChI is InChI=1S/C10H15N3O2/c1-2-15-10(14)6-13-7-12-5-9(13)8-3-11-4-8/h5,7-8,11H,2-4,6H2,1H3. The molecule has 1 fully saturated rings. The van der Waals surface area contributed by atoms with Gasteiger partial charge in [-0.1, -0.05) is 0 Å². The first-order chi connectivity index (χ1) is 7.31. The molecular weight excluding hydrogens is 194 g/mol. The number of imidazole rings is 1. The molecule has 0 aliphatic carbocycles. The molecule has 82 valence electrons. The zero-order chi connectivity index (χ0) is 10.7. The van der Waals surface area contributed by atoms with Crippen molar-refractivity contribution in [2.75, 3.05) is 19.7 Å². The molecule has 15 heavy (non-hydrogen) atoms. The minimum absolute atomic E-state index is 0.205. The summed E-state index contributed by atoms with van der Waals surface area (Å²) in [6, 6.07) is 0. The lowest BCUT2D eigenvalue weighted by molar-refractivity contribution is -0.143. The third-order valence-electron chi connectivity index (χ3n) is 2.55. The second-order valence-corrected chi connectivity index (χ2v) is 3.61. The normalized spacial score (nSPS) is 16.1. The summed E-state index contributed by atoms with van der Waals surface area (Å²) in [7, 11) is 0. The number of hydrogen-bond acceptors (Lipinski definition) is 4. The fraction of sp³-hybridized carbons (Fsp3) is 0.600. The number of carbonyl (C=O) groups excluding carboxylic acids is 1. The summed E-state index contributed by atoms with van der Waals surface area (Å²) in [5.74, 6) is 0.283. The average molecular weight is 209 g/mol. The third kappa shape index (κ3) is 2.18. The van der Waals surface area contributed by atoms with Gasteiger partial charge in [-0.2, -0.15) is 0 Å². The average Bonchev–Trinajstić information content (AvgIpc) is 2.51. The van der Waals surface area contributed by atoms with Crippen molar-refractivity contribution < 1.29 is 9.53 Å². The van der Waals surface area contributed by atoms with Gasteiger partial charge in [0.15, 0.2) is 0 Å². The van der Waals surface area contributed by atoms with Crippen LogP contribution in [0.3, 0.4) is 0 Å². The first kappa shape index (κ1) is 10.2. The highest BCUT2D eigenvalue weighted by atomic mass is 16.5. The van der Waals surface area contributed by atoms with Crippen LogP contribution in [-0.4, -0.2) is 35.2 Å². The number of ether oxygens (including phenoxy) is 1. The molecule has 1 N–H and O–H groups in total. The van der Waals surface area contributed by atoms with Crippen molar-refractivity contribution in [3.8, 4) is 0 Å². The number of rotatable bonds is 4. The molecule has 2 rings (SSSR count). The Morgan fingerprint density at radius 3 is 3.13 bits per heavy atom. The van der Waals surface area contributed by atoms with Crippen molar-refractivity contribution in [1.82, 2.24) is 14.9 Å². The van der Waals surface area contributed by atoms with Gasteiger partial charge in [0.25, 0.3) is 0 Å². The van der Waals surface area contributed by atoms with Crippen LogP contribution in [0.2, 0.25) is 0 Å². The first-order valence-electron chi connectivity index (χ1n) is 5.17. The maximum Gasteiger partial charge on any atom is 0.325 e. The minimum Gasteiger partial charge on any atom is -0.465 e. The van der Waals surface area contributed by atoms with Crippen LogP contribution in [0.25, 0.3) is 0 Å². The zero-order valence-corrected chi connectivity index (χ0v) is 8.77. The van der Waals surface area contributed by atoms with Crippen LogP contribution in [0, 0.1) is 0 Å². The van der Waals surface area contributed by atoms with Crippen molar-refractivity contribution in [1.29, 1.82) is 0 Å². The van der Waals surface area contributed by atoms with Gasteiger partial charge < -0.3 is 14.6 Å². The molecule has 0 aromatic carbocycles. The summed E-state index contributed by atoms with van der Waals surface area (Å²) < 4.78 is 6.76. The third-order valence-corrected chi connectivity index (χ3v) is 2.55. The highest BCUT2D eigenvalue weighted by molar-refractivity contribution is 5.69. The van der Waals surface area contributed by atoms with Crippen molar-refractivity contribution in [3.63, 3.8) is 0 Å². The van der Waals surface area contributed by atoms with Gasteiger partial charge in [-0.3, -0.25) is 4.79 Å². The molecule has 1 aliphatic heterocycles. The Hall–Kier alpha value is -1.36. The molecule has 1 aliphatic rings. The number of nitrogens with one attached hydrogen (secondary N) is 1. The molecule has 0 spiro atoms. The van der Waals surface area contributed by atoms with E-state index in [4.69, 9.17) is 4.74 Å². The van der Waals surface area contributed by atoms with E-state index in [1.165, 1.54) is 0 Å². The SMILES string of the molecule is CCOC(=O)Cn1cncc1C1CNC1. The molecular formula is C10H15N3O2. The summed E-state index contributed by atoms with van der Waals surface area (Å²) in [6.07, 6.45) is 3.51. The van der Waals surface area contributed by atoms with E-state index in [1.807, 2.05) is 17.7 Å². The van der Waals surface area contributed by atoms with E-state index in [9.17, 15) is 4.79 Å². The van der Waals surface area contributed by atoms with Crippen LogP contribution >= 0.6 is 0 Å². The fourth-order valence-corrected chi connectivity index (χ4v) is 1.65. The van der Waals surface area contributed by atoms with Crippen molar-refractivity contribution >= 4 is 5.97 Å². The maximum atomic E-state index is 11.3.